The van der Waals surface area contributed by atoms with Gasteiger partial charge in [-0.1, -0.05) is 0 Å². The Labute approximate surface area is 109 Å². The van der Waals surface area contributed by atoms with Crippen LogP contribution in [-0.2, 0) is 14.8 Å². The van der Waals surface area contributed by atoms with E-state index in [1.54, 1.807) is 4.31 Å². The molecule has 0 amide bonds. The zero-order valence-electron chi connectivity index (χ0n) is 10.8. The van der Waals surface area contributed by atoms with Gasteiger partial charge in [0.1, 0.15) is 0 Å². The van der Waals surface area contributed by atoms with E-state index in [1.165, 1.54) is 6.42 Å². The van der Waals surface area contributed by atoms with Gasteiger partial charge in [0.05, 0.1) is 11.9 Å². The van der Waals surface area contributed by atoms with Crippen molar-refractivity contribution in [3.8, 4) is 0 Å². The summed E-state index contributed by atoms with van der Waals surface area (Å²) in [6.45, 7) is 4.11. The fourth-order valence-electron chi connectivity index (χ4n) is 3.33. The average molecular weight is 274 g/mol. The molecule has 104 valence electrons. The normalized spacial score (nSPS) is 34.9. The van der Waals surface area contributed by atoms with Crippen molar-refractivity contribution in [3.63, 3.8) is 0 Å². The lowest BCUT2D eigenvalue weighted by molar-refractivity contribution is 0.123. The number of ether oxygens (including phenoxy) is 1. The Bertz CT molecular complexity index is 392. The number of hydrogen-bond acceptors (Lipinski definition) is 4. The molecule has 3 fully saturated rings. The molecular formula is C12H22N2O3S. The third-order valence-electron chi connectivity index (χ3n) is 4.36. The maximum absolute atomic E-state index is 12.4. The predicted molar refractivity (Wildman–Crippen MR) is 68.9 cm³/mol. The SMILES string of the molecule is O=S(=O)(C[C@H]1CCCO1)N1CCN2CCC[C@H]2C1. The van der Waals surface area contributed by atoms with Crippen LogP contribution in [0.1, 0.15) is 25.7 Å². The number of rotatable bonds is 3. The first kappa shape index (κ1) is 12.8. The maximum atomic E-state index is 12.4. The molecule has 3 saturated heterocycles. The van der Waals surface area contributed by atoms with Crippen molar-refractivity contribution < 1.29 is 13.2 Å². The molecule has 0 unspecified atom stereocenters. The van der Waals surface area contributed by atoms with Gasteiger partial charge >= 0.3 is 0 Å². The van der Waals surface area contributed by atoms with Crippen LogP contribution in [0.15, 0.2) is 0 Å². The number of piperazine rings is 1. The number of sulfonamides is 1. The van der Waals surface area contributed by atoms with Crippen LogP contribution < -0.4 is 0 Å². The van der Waals surface area contributed by atoms with Crippen LogP contribution >= 0.6 is 0 Å². The van der Waals surface area contributed by atoms with Crippen molar-refractivity contribution in [1.82, 2.24) is 9.21 Å². The van der Waals surface area contributed by atoms with Crippen LogP contribution in [0.3, 0.4) is 0 Å². The highest BCUT2D eigenvalue weighted by atomic mass is 32.2. The summed E-state index contributed by atoms with van der Waals surface area (Å²) in [4.78, 5) is 2.43. The van der Waals surface area contributed by atoms with Crippen molar-refractivity contribution in [3.05, 3.63) is 0 Å². The van der Waals surface area contributed by atoms with Gasteiger partial charge in [-0.15, -0.1) is 0 Å². The minimum atomic E-state index is -3.12. The summed E-state index contributed by atoms with van der Waals surface area (Å²) in [5.41, 5.74) is 0. The molecule has 0 aliphatic carbocycles. The molecule has 0 spiro atoms. The van der Waals surface area contributed by atoms with E-state index in [-0.39, 0.29) is 11.9 Å². The number of hydrogen-bond donors (Lipinski definition) is 0. The van der Waals surface area contributed by atoms with Gasteiger partial charge in [0.2, 0.25) is 10.0 Å². The summed E-state index contributed by atoms with van der Waals surface area (Å²) in [6.07, 6.45) is 4.17. The van der Waals surface area contributed by atoms with E-state index >= 15 is 0 Å². The van der Waals surface area contributed by atoms with Crippen LogP contribution in [0, 0.1) is 0 Å². The van der Waals surface area contributed by atoms with Gasteiger partial charge in [-0.3, -0.25) is 4.90 Å². The van der Waals surface area contributed by atoms with E-state index < -0.39 is 10.0 Å². The average Bonchev–Trinajstić information content (AvgIpc) is 2.97. The topological polar surface area (TPSA) is 49.9 Å². The van der Waals surface area contributed by atoms with E-state index in [9.17, 15) is 8.42 Å². The lowest BCUT2D eigenvalue weighted by atomic mass is 10.2. The standard InChI is InChI=1S/C12H22N2O3S/c15-18(16,10-12-4-2-8-17-12)14-7-6-13-5-1-3-11(13)9-14/h11-12H,1-10H2/t11-,12+/m0/s1. The molecule has 3 aliphatic rings. The van der Waals surface area contributed by atoms with Crippen LogP contribution in [-0.4, -0.2) is 68.3 Å². The molecule has 5 nitrogen and oxygen atoms in total. The Morgan fingerprint density at radius 2 is 2.00 bits per heavy atom. The van der Waals surface area contributed by atoms with Crippen molar-refractivity contribution in [2.24, 2.45) is 0 Å². The van der Waals surface area contributed by atoms with E-state index in [0.29, 0.717) is 19.1 Å². The first-order valence-electron chi connectivity index (χ1n) is 6.99. The highest BCUT2D eigenvalue weighted by Crippen LogP contribution is 2.24. The Hall–Kier alpha value is -0.170. The molecule has 6 heteroatoms. The molecule has 0 aromatic heterocycles. The Balaban J connectivity index is 1.62. The Kier molecular flexibility index (Phi) is 3.62. The summed E-state index contributed by atoms with van der Waals surface area (Å²) in [5.74, 6) is 0.180. The molecule has 2 atom stereocenters. The summed E-state index contributed by atoms with van der Waals surface area (Å²) < 4.78 is 31.9. The first-order valence-corrected chi connectivity index (χ1v) is 8.59. The maximum Gasteiger partial charge on any atom is 0.216 e. The fourth-order valence-corrected chi connectivity index (χ4v) is 5.03. The lowest BCUT2D eigenvalue weighted by Gasteiger charge is -2.37. The van der Waals surface area contributed by atoms with Gasteiger partial charge in [-0.25, -0.2) is 8.42 Å². The third-order valence-corrected chi connectivity index (χ3v) is 6.28. The van der Waals surface area contributed by atoms with E-state index in [0.717, 1.165) is 39.0 Å². The van der Waals surface area contributed by atoms with E-state index in [4.69, 9.17) is 4.74 Å². The highest BCUT2D eigenvalue weighted by molar-refractivity contribution is 7.89. The molecule has 0 radical (unpaired) electrons. The molecule has 3 heterocycles. The zero-order valence-corrected chi connectivity index (χ0v) is 11.6. The second-order valence-electron chi connectivity index (χ2n) is 5.60. The van der Waals surface area contributed by atoms with Gasteiger partial charge in [-0.2, -0.15) is 4.31 Å². The molecule has 18 heavy (non-hydrogen) atoms. The molecule has 0 saturated carbocycles. The molecule has 0 aromatic rings. The number of fused-ring (bicyclic) bond motifs is 1. The lowest BCUT2D eigenvalue weighted by Crippen LogP contribution is -2.53. The van der Waals surface area contributed by atoms with Crippen LogP contribution in [0.4, 0.5) is 0 Å². The zero-order chi connectivity index (χ0) is 12.6. The van der Waals surface area contributed by atoms with Crippen molar-refractivity contribution in [2.75, 3.05) is 38.5 Å². The van der Waals surface area contributed by atoms with E-state index in [1.807, 2.05) is 0 Å². The van der Waals surface area contributed by atoms with Gasteiger partial charge in [0.15, 0.2) is 0 Å². The van der Waals surface area contributed by atoms with E-state index in [2.05, 4.69) is 4.90 Å². The van der Waals surface area contributed by atoms with Crippen LogP contribution in [0.25, 0.3) is 0 Å². The second kappa shape index (κ2) is 5.07. The monoisotopic (exact) mass is 274 g/mol. The minimum Gasteiger partial charge on any atom is -0.377 e. The van der Waals surface area contributed by atoms with Crippen molar-refractivity contribution >= 4 is 10.0 Å². The summed E-state index contributed by atoms with van der Waals surface area (Å²) in [6, 6.07) is 0.457. The summed E-state index contributed by atoms with van der Waals surface area (Å²) >= 11 is 0. The smallest absolute Gasteiger partial charge is 0.216 e. The van der Waals surface area contributed by atoms with Crippen molar-refractivity contribution in [1.29, 1.82) is 0 Å². The van der Waals surface area contributed by atoms with Gasteiger partial charge in [0, 0.05) is 32.3 Å². The Morgan fingerprint density at radius 3 is 2.78 bits per heavy atom. The molecular weight excluding hydrogens is 252 g/mol. The second-order valence-corrected chi connectivity index (χ2v) is 7.62. The van der Waals surface area contributed by atoms with Crippen molar-refractivity contribution in [2.45, 2.75) is 37.8 Å². The van der Waals surface area contributed by atoms with Gasteiger partial charge < -0.3 is 4.74 Å². The molecule has 3 rings (SSSR count). The molecule has 0 N–H and O–H groups in total. The Morgan fingerprint density at radius 1 is 1.11 bits per heavy atom. The van der Waals surface area contributed by atoms with Gasteiger partial charge in [-0.05, 0) is 32.2 Å². The molecule has 0 aromatic carbocycles. The fraction of sp³-hybridized carbons (Fsp3) is 1.00. The minimum absolute atomic E-state index is 0.0726. The number of nitrogens with zero attached hydrogens (tertiary/aromatic N) is 2. The summed E-state index contributed by atoms with van der Waals surface area (Å²) in [7, 11) is -3.12. The largest absolute Gasteiger partial charge is 0.377 e. The predicted octanol–water partition coefficient (Wildman–Crippen LogP) is 0.275. The summed E-state index contributed by atoms with van der Waals surface area (Å²) in [5, 5.41) is 0. The quantitative estimate of drug-likeness (QED) is 0.741. The highest BCUT2D eigenvalue weighted by Gasteiger charge is 2.36. The van der Waals surface area contributed by atoms with Crippen LogP contribution in [0.5, 0.6) is 0 Å². The third kappa shape index (κ3) is 2.57. The first-order chi connectivity index (χ1) is 8.65. The molecule has 0 bridgehead atoms. The molecule has 3 aliphatic heterocycles. The van der Waals surface area contributed by atoms with Gasteiger partial charge in [0.25, 0.3) is 0 Å². The van der Waals surface area contributed by atoms with Crippen LogP contribution in [0.2, 0.25) is 0 Å².